The van der Waals surface area contributed by atoms with Crippen molar-refractivity contribution in [1.82, 2.24) is 9.80 Å². The van der Waals surface area contributed by atoms with Crippen molar-refractivity contribution in [2.75, 3.05) is 47.0 Å². The van der Waals surface area contributed by atoms with E-state index in [1.54, 1.807) is 14.2 Å². The number of piperidine rings is 2. The van der Waals surface area contributed by atoms with Crippen molar-refractivity contribution >= 4 is 5.91 Å². The molecule has 2 heterocycles. The van der Waals surface area contributed by atoms with Crippen LogP contribution >= 0.6 is 0 Å². The molecule has 2 atom stereocenters. The third-order valence-corrected chi connectivity index (χ3v) is 6.12. The van der Waals surface area contributed by atoms with Gasteiger partial charge < -0.3 is 19.3 Å². The molecule has 150 valence electrons. The molecule has 2 saturated heterocycles. The number of hydrogen-bond acceptors (Lipinski definition) is 4. The Labute approximate surface area is 163 Å². The molecule has 27 heavy (non-hydrogen) atoms. The summed E-state index contributed by atoms with van der Waals surface area (Å²) in [6, 6.07) is 8.46. The number of carbonyl (C=O) groups excluding carboxylic acids is 1. The van der Waals surface area contributed by atoms with E-state index in [9.17, 15) is 4.79 Å². The summed E-state index contributed by atoms with van der Waals surface area (Å²) in [4.78, 5) is 17.7. The number of amides is 1. The van der Waals surface area contributed by atoms with E-state index in [0.29, 0.717) is 31.5 Å². The van der Waals surface area contributed by atoms with Gasteiger partial charge in [-0.15, -0.1) is 0 Å². The molecule has 0 saturated carbocycles. The van der Waals surface area contributed by atoms with Crippen molar-refractivity contribution < 1.29 is 14.3 Å². The first kappa shape index (κ1) is 20.2. The Balaban J connectivity index is 1.63. The molecule has 0 spiro atoms. The van der Waals surface area contributed by atoms with Gasteiger partial charge >= 0.3 is 0 Å². The largest absolute Gasteiger partial charge is 0.497 e. The molecule has 0 N–H and O–H groups in total. The molecule has 1 aromatic carbocycles. The van der Waals surface area contributed by atoms with E-state index in [1.165, 1.54) is 45.2 Å². The number of hydrogen-bond donors (Lipinski definition) is 0. The van der Waals surface area contributed by atoms with Gasteiger partial charge in [-0.3, -0.25) is 4.79 Å². The molecule has 2 aliphatic heterocycles. The van der Waals surface area contributed by atoms with Crippen molar-refractivity contribution in [2.24, 2.45) is 5.92 Å². The maximum Gasteiger partial charge on any atom is 0.227 e. The minimum Gasteiger partial charge on any atom is -0.497 e. The number of carbonyl (C=O) groups is 1. The predicted octanol–water partition coefficient (Wildman–Crippen LogP) is 2.98. The van der Waals surface area contributed by atoms with E-state index in [2.05, 4.69) is 4.90 Å². The molecule has 3 rings (SSSR count). The molecule has 5 nitrogen and oxygen atoms in total. The Hall–Kier alpha value is -1.59. The van der Waals surface area contributed by atoms with Crippen LogP contribution in [-0.2, 0) is 16.0 Å². The fourth-order valence-electron chi connectivity index (χ4n) is 4.62. The first-order chi connectivity index (χ1) is 13.2. The molecular formula is C22H34N2O3. The SMILES string of the molecule is COCCN(C[C@H]1CCCN2CCCC[C@@H]12)C(=O)Cc1ccc(OC)cc1. The number of methoxy groups -OCH3 is 2. The Kier molecular flexibility index (Phi) is 7.53. The number of nitrogens with zero attached hydrogens (tertiary/aromatic N) is 2. The highest BCUT2D eigenvalue weighted by molar-refractivity contribution is 5.78. The second-order valence-corrected chi connectivity index (χ2v) is 7.86. The van der Waals surface area contributed by atoms with Crippen molar-refractivity contribution in [1.29, 1.82) is 0 Å². The quantitative estimate of drug-likeness (QED) is 0.702. The first-order valence-corrected chi connectivity index (χ1v) is 10.3. The summed E-state index contributed by atoms with van der Waals surface area (Å²) in [6.45, 7) is 4.60. The minimum atomic E-state index is 0.199. The summed E-state index contributed by atoms with van der Waals surface area (Å²) in [6.07, 6.45) is 6.87. The fraction of sp³-hybridized carbons (Fsp3) is 0.682. The van der Waals surface area contributed by atoms with Gasteiger partial charge in [0.1, 0.15) is 5.75 Å². The van der Waals surface area contributed by atoms with Crippen LogP contribution in [0.3, 0.4) is 0 Å². The molecule has 0 bridgehead atoms. The molecule has 5 heteroatoms. The maximum absolute atomic E-state index is 13.0. The van der Waals surface area contributed by atoms with E-state index >= 15 is 0 Å². The summed E-state index contributed by atoms with van der Waals surface area (Å²) >= 11 is 0. The second-order valence-electron chi connectivity index (χ2n) is 7.86. The van der Waals surface area contributed by atoms with Crippen LogP contribution in [0.25, 0.3) is 0 Å². The highest BCUT2D eigenvalue weighted by Gasteiger charge is 2.34. The van der Waals surface area contributed by atoms with Crippen LogP contribution in [0.2, 0.25) is 0 Å². The average molecular weight is 375 g/mol. The zero-order valence-corrected chi connectivity index (χ0v) is 16.9. The van der Waals surface area contributed by atoms with Gasteiger partial charge in [-0.1, -0.05) is 18.6 Å². The lowest BCUT2D eigenvalue weighted by molar-refractivity contribution is -0.132. The van der Waals surface area contributed by atoms with Crippen molar-refractivity contribution in [3.63, 3.8) is 0 Å². The second kappa shape index (κ2) is 10.1. The maximum atomic E-state index is 13.0. The Bertz CT molecular complexity index is 588. The minimum absolute atomic E-state index is 0.199. The number of rotatable bonds is 8. The van der Waals surface area contributed by atoms with E-state index < -0.39 is 0 Å². The molecule has 0 radical (unpaired) electrons. The summed E-state index contributed by atoms with van der Waals surface area (Å²) in [5, 5.41) is 0. The topological polar surface area (TPSA) is 42.0 Å². The lowest BCUT2D eigenvalue weighted by Crippen LogP contribution is -2.52. The molecule has 0 unspecified atom stereocenters. The summed E-state index contributed by atoms with van der Waals surface area (Å²) in [7, 11) is 3.36. The van der Waals surface area contributed by atoms with Gasteiger partial charge in [0.2, 0.25) is 5.91 Å². The zero-order valence-electron chi connectivity index (χ0n) is 16.9. The zero-order chi connectivity index (χ0) is 19.1. The van der Waals surface area contributed by atoms with Crippen molar-refractivity contribution in [2.45, 2.75) is 44.6 Å². The third kappa shape index (κ3) is 5.45. The molecular weight excluding hydrogens is 340 g/mol. The number of fused-ring (bicyclic) bond motifs is 1. The third-order valence-electron chi connectivity index (χ3n) is 6.12. The fourth-order valence-corrected chi connectivity index (χ4v) is 4.62. The van der Waals surface area contributed by atoms with Gasteiger partial charge in [-0.2, -0.15) is 0 Å². The van der Waals surface area contributed by atoms with Crippen LogP contribution in [0.5, 0.6) is 5.75 Å². The Morgan fingerprint density at radius 2 is 1.89 bits per heavy atom. The van der Waals surface area contributed by atoms with Crippen LogP contribution in [0.1, 0.15) is 37.7 Å². The first-order valence-electron chi connectivity index (χ1n) is 10.3. The van der Waals surface area contributed by atoms with Crippen LogP contribution in [0.15, 0.2) is 24.3 Å². The average Bonchev–Trinajstić information content (AvgIpc) is 2.71. The van der Waals surface area contributed by atoms with E-state index in [-0.39, 0.29) is 5.91 Å². The van der Waals surface area contributed by atoms with Crippen LogP contribution in [0.4, 0.5) is 0 Å². The van der Waals surface area contributed by atoms with Gasteiger partial charge in [-0.25, -0.2) is 0 Å². The van der Waals surface area contributed by atoms with E-state index in [4.69, 9.17) is 9.47 Å². The smallest absolute Gasteiger partial charge is 0.227 e. The molecule has 2 fully saturated rings. The molecule has 1 amide bonds. The van der Waals surface area contributed by atoms with Crippen LogP contribution in [0, 0.1) is 5.92 Å². The van der Waals surface area contributed by atoms with E-state index in [0.717, 1.165) is 17.9 Å². The Morgan fingerprint density at radius 1 is 1.11 bits per heavy atom. The van der Waals surface area contributed by atoms with Crippen molar-refractivity contribution in [3.8, 4) is 5.75 Å². The number of ether oxygens (including phenoxy) is 2. The van der Waals surface area contributed by atoms with Gasteiger partial charge in [-0.05, 0) is 62.4 Å². The summed E-state index contributed by atoms with van der Waals surface area (Å²) < 4.78 is 10.5. The van der Waals surface area contributed by atoms with E-state index in [1.807, 2.05) is 29.2 Å². The predicted molar refractivity (Wildman–Crippen MR) is 107 cm³/mol. The standard InChI is InChI=1S/C22H34N2O3/c1-26-15-14-24(22(25)16-18-8-10-20(27-2)11-9-18)17-19-6-5-13-23-12-4-3-7-21(19)23/h8-11,19,21H,3-7,12-17H2,1-2H3/t19-,21+/m1/s1. The molecule has 1 aromatic rings. The van der Waals surface area contributed by atoms with Crippen LogP contribution in [-0.4, -0.2) is 68.8 Å². The van der Waals surface area contributed by atoms with Gasteiger partial charge in [0.05, 0.1) is 20.1 Å². The van der Waals surface area contributed by atoms with Gasteiger partial charge in [0.15, 0.2) is 0 Å². The normalized spacial score (nSPS) is 22.9. The summed E-state index contributed by atoms with van der Waals surface area (Å²) in [5.41, 5.74) is 1.03. The monoisotopic (exact) mass is 374 g/mol. The lowest BCUT2D eigenvalue weighted by Gasteiger charge is -2.45. The highest BCUT2D eigenvalue weighted by atomic mass is 16.5. The van der Waals surface area contributed by atoms with Gasteiger partial charge in [0, 0.05) is 26.2 Å². The number of benzene rings is 1. The molecule has 2 aliphatic rings. The lowest BCUT2D eigenvalue weighted by atomic mass is 9.83. The van der Waals surface area contributed by atoms with Crippen LogP contribution < -0.4 is 4.74 Å². The van der Waals surface area contributed by atoms with Gasteiger partial charge in [0.25, 0.3) is 0 Å². The Morgan fingerprint density at radius 3 is 2.63 bits per heavy atom. The molecule has 0 aromatic heterocycles. The summed E-state index contributed by atoms with van der Waals surface area (Å²) in [5.74, 6) is 1.61. The van der Waals surface area contributed by atoms with Crippen molar-refractivity contribution in [3.05, 3.63) is 29.8 Å². The molecule has 0 aliphatic carbocycles. The highest BCUT2D eigenvalue weighted by Crippen LogP contribution is 2.31.